The summed E-state index contributed by atoms with van der Waals surface area (Å²) in [6, 6.07) is 4.62. The third kappa shape index (κ3) is 3.94. The largest absolute Gasteiger partial charge is 0.258 e. The van der Waals surface area contributed by atoms with Crippen molar-refractivity contribution in [1.82, 2.24) is 4.98 Å². The number of rotatable bonds is 4. The monoisotopic (exact) mass is 341 g/mol. The molecule has 0 fully saturated rings. The Hall–Kier alpha value is -1.48. The summed E-state index contributed by atoms with van der Waals surface area (Å²) in [5.41, 5.74) is 7.63. The Balaban J connectivity index is 2.73. The molecule has 0 N–H and O–H groups in total. The van der Waals surface area contributed by atoms with Gasteiger partial charge in [0, 0.05) is 16.9 Å². The van der Waals surface area contributed by atoms with Gasteiger partial charge in [0.15, 0.2) is 6.20 Å². The molecule has 2 heterocycles. The average Bonchev–Trinajstić information content (AvgIpc) is 2.38. The van der Waals surface area contributed by atoms with Gasteiger partial charge in [-0.3, -0.25) is 4.98 Å². The van der Waals surface area contributed by atoms with Crippen LogP contribution in [0.1, 0.15) is 36.4 Å². The van der Waals surface area contributed by atoms with Gasteiger partial charge in [-0.2, -0.15) is 0 Å². The van der Waals surface area contributed by atoms with Gasteiger partial charge in [-0.1, -0.05) is 33.5 Å². The molecule has 2 aromatic heterocycles. The normalized spacial score (nSPS) is 12.1. The van der Waals surface area contributed by atoms with Crippen LogP contribution in [-0.2, 0) is 13.5 Å². The minimum atomic E-state index is -1.37. The Bertz CT molecular complexity index is 732. The summed E-state index contributed by atoms with van der Waals surface area (Å²) in [5.74, 6) is 0.666. The van der Waals surface area contributed by atoms with Gasteiger partial charge in [-0.15, -0.1) is 0 Å². The molecule has 0 spiro atoms. The molecule has 0 unspecified atom stereocenters. The molecule has 2 aromatic rings. The van der Waals surface area contributed by atoms with Crippen LogP contribution in [0.25, 0.3) is 11.3 Å². The quantitative estimate of drug-likeness (QED) is 0.600. The van der Waals surface area contributed by atoms with Crippen LogP contribution in [0.2, 0.25) is 19.6 Å². The van der Waals surface area contributed by atoms with Gasteiger partial charge >= 0.3 is 0 Å². The summed E-state index contributed by atoms with van der Waals surface area (Å²) in [4.78, 5) is 4.71. The molecular weight excluding hydrogens is 308 g/mol. The highest BCUT2D eigenvalue weighted by Crippen LogP contribution is 2.25. The topological polar surface area (TPSA) is 16.8 Å². The predicted molar refractivity (Wildman–Crippen MR) is 107 cm³/mol. The Kier molecular flexibility index (Phi) is 5.33. The van der Waals surface area contributed by atoms with Crippen LogP contribution < -0.4 is 9.75 Å². The maximum atomic E-state index is 4.71. The fourth-order valence-electron chi connectivity index (χ4n) is 3.63. The lowest BCUT2D eigenvalue weighted by Crippen LogP contribution is -2.47. The lowest BCUT2D eigenvalue weighted by Gasteiger charge is -2.21. The van der Waals surface area contributed by atoms with Crippen molar-refractivity contribution in [3.8, 4) is 11.3 Å². The Morgan fingerprint density at radius 2 is 1.71 bits per heavy atom. The van der Waals surface area contributed by atoms with E-state index in [1.165, 1.54) is 22.4 Å². The number of pyridine rings is 2. The van der Waals surface area contributed by atoms with E-state index in [4.69, 9.17) is 4.98 Å². The van der Waals surface area contributed by atoms with Crippen LogP contribution in [0.3, 0.4) is 0 Å². The molecule has 0 bridgehead atoms. The maximum Gasteiger partial charge on any atom is 0.214 e. The predicted octanol–water partition coefficient (Wildman–Crippen LogP) is 4.24. The minimum absolute atomic E-state index is 0.666. The van der Waals surface area contributed by atoms with Crippen molar-refractivity contribution in [2.45, 2.75) is 60.7 Å². The molecule has 0 saturated carbocycles. The molecule has 0 aliphatic carbocycles. The van der Waals surface area contributed by atoms with E-state index in [0.29, 0.717) is 5.92 Å². The molecule has 0 saturated heterocycles. The zero-order valence-electron chi connectivity index (χ0n) is 16.9. The minimum Gasteiger partial charge on any atom is -0.258 e. The van der Waals surface area contributed by atoms with Crippen molar-refractivity contribution >= 4 is 13.3 Å². The van der Waals surface area contributed by atoms with E-state index in [-0.39, 0.29) is 0 Å². The lowest BCUT2D eigenvalue weighted by molar-refractivity contribution is -0.659. The zero-order chi connectivity index (χ0) is 18.2. The number of aromatic nitrogens is 2. The average molecular weight is 342 g/mol. The highest BCUT2D eigenvalue weighted by Gasteiger charge is 2.27. The first-order chi connectivity index (χ1) is 11.0. The van der Waals surface area contributed by atoms with E-state index < -0.39 is 8.07 Å². The van der Waals surface area contributed by atoms with Crippen molar-refractivity contribution < 1.29 is 4.57 Å². The van der Waals surface area contributed by atoms with E-state index >= 15 is 0 Å². The molecule has 130 valence electrons. The Labute approximate surface area is 149 Å². The molecule has 24 heavy (non-hydrogen) atoms. The first-order valence-corrected chi connectivity index (χ1v) is 12.5. The Morgan fingerprint density at radius 1 is 1.08 bits per heavy atom. The van der Waals surface area contributed by atoms with Crippen molar-refractivity contribution in [2.75, 3.05) is 0 Å². The molecule has 0 aromatic carbocycles. The van der Waals surface area contributed by atoms with Gasteiger partial charge in [0.25, 0.3) is 0 Å². The fourth-order valence-corrected chi connectivity index (χ4v) is 5.35. The van der Waals surface area contributed by atoms with Gasteiger partial charge in [-0.05, 0) is 50.3 Å². The highest BCUT2D eigenvalue weighted by atomic mass is 28.3. The van der Waals surface area contributed by atoms with Gasteiger partial charge in [0.1, 0.15) is 7.05 Å². The van der Waals surface area contributed by atoms with Crippen LogP contribution in [0.15, 0.2) is 18.3 Å². The second kappa shape index (κ2) is 6.79. The first-order valence-electron chi connectivity index (χ1n) is 8.99. The van der Waals surface area contributed by atoms with Crippen molar-refractivity contribution in [3.63, 3.8) is 0 Å². The summed E-state index contributed by atoms with van der Waals surface area (Å²) < 4.78 is 2.31. The smallest absolute Gasteiger partial charge is 0.214 e. The molecule has 0 aliphatic heterocycles. The van der Waals surface area contributed by atoms with Crippen LogP contribution in [0.4, 0.5) is 0 Å². The SMILES string of the molecule is Cc1cc(C)c(-c2cc(CC(C)C)c([Si](C)(C)C)c[n+]2C)c(C)n1. The molecule has 3 heteroatoms. The fraction of sp³-hybridized carbons (Fsp3) is 0.524. The van der Waals surface area contributed by atoms with Crippen LogP contribution >= 0.6 is 0 Å². The molecule has 0 aliphatic rings. The molecule has 0 amide bonds. The lowest BCUT2D eigenvalue weighted by atomic mass is 9.98. The van der Waals surface area contributed by atoms with Crippen molar-refractivity contribution in [2.24, 2.45) is 13.0 Å². The van der Waals surface area contributed by atoms with E-state index in [0.717, 1.165) is 17.8 Å². The summed E-state index contributed by atoms with van der Waals surface area (Å²) >= 11 is 0. The highest BCUT2D eigenvalue weighted by molar-refractivity contribution is 6.88. The number of aryl methyl sites for hydroxylation is 4. The van der Waals surface area contributed by atoms with Gasteiger partial charge in [0.2, 0.25) is 5.69 Å². The van der Waals surface area contributed by atoms with E-state index in [2.05, 4.69) is 84.2 Å². The molecule has 0 atom stereocenters. The van der Waals surface area contributed by atoms with E-state index in [1.807, 2.05) is 0 Å². The second-order valence-corrected chi connectivity index (χ2v) is 13.6. The summed E-state index contributed by atoms with van der Waals surface area (Å²) in [6.45, 7) is 18.3. The number of hydrogen-bond donors (Lipinski definition) is 0. The van der Waals surface area contributed by atoms with E-state index in [9.17, 15) is 0 Å². The third-order valence-electron chi connectivity index (χ3n) is 4.58. The van der Waals surface area contributed by atoms with E-state index in [1.54, 1.807) is 5.19 Å². The Morgan fingerprint density at radius 3 is 2.21 bits per heavy atom. The van der Waals surface area contributed by atoms with Gasteiger partial charge in [-0.25, -0.2) is 4.57 Å². The zero-order valence-corrected chi connectivity index (χ0v) is 17.9. The molecule has 2 rings (SSSR count). The second-order valence-electron chi connectivity index (χ2n) is 8.60. The van der Waals surface area contributed by atoms with Crippen LogP contribution in [0, 0.1) is 26.7 Å². The van der Waals surface area contributed by atoms with Gasteiger partial charge in [0.05, 0.1) is 19.3 Å². The molecule has 0 radical (unpaired) electrons. The standard InChI is InChI=1S/C21H33N2Si/c1-14(2)10-18-12-19(23(6)13-20(18)24(7,8)9)21-15(3)11-16(4)22-17(21)5/h11-14H,10H2,1-9H3/q+1. The first kappa shape index (κ1) is 18.8. The number of nitrogens with zero attached hydrogens (tertiary/aromatic N) is 2. The molecular formula is C21H33N2Si+. The number of hydrogen-bond acceptors (Lipinski definition) is 1. The van der Waals surface area contributed by atoms with Crippen molar-refractivity contribution in [1.29, 1.82) is 0 Å². The third-order valence-corrected chi connectivity index (χ3v) is 6.64. The van der Waals surface area contributed by atoms with Crippen LogP contribution in [0.5, 0.6) is 0 Å². The van der Waals surface area contributed by atoms with Gasteiger partial charge < -0.3 is 0 Å². The summed E-state index contributed by atoms with van der Waals surface area (Å²) in [6.07, 6.45) is 3.53. The molecule has 2 nitrogen and oxygen atoms in total. The summed E-state index contributed by atoms with van der Waals surface area (Å²) in [7, 11) is 0.805. The summed E-state index contributed by atoms with van der Waals surface area (Å²) in [5, 5.41) is 1.58. The van der Waals surface area contributed by atoms with Crippen LogP contribution in [-0.4, -0.2) is 13.1 Å². The maximum absolute atomic E-state index is 4.71. The van der Waals surface area contributed by atoms with Crippen molar-refractivity contribution in [3.05, 3.63) is 40.8 Å².